The van der Waals surface area contributed by atoms with Crippen molar-refractivity contribution in [3.8, 4) is 0 Å². The van der Waals surface area contributed by atoms with E-state index in [4.69, 9.17) is 10.6 Å². The van der Waals surface area contributed by atoms with Crippen molar-refractivity contribution >= 4 is 0 Å². The summed E-state index contributed by atoms with van der Waals surface area (Å²) in [6, 6.07) is 0.514. The maximum Gasteiger partial charge on any atom is 0.0685 e. The predicted molar refractivity (Wildman–Crippen MR) is 86.7 cm³/mol. The zero-order chi connectivity index (χ0) is 14.7. The summed E-state index contributed by atoms with van der Waals surface area (Å²) in [5.41, 5.74) is 3.43. The fraction of sp³-hybridized carbons (Fsp3) is 1.00. The molecule has 0 aromatic heterocycles. The van der Waals surface area contributed by atoms with E-state index >= 15 is 0 Å². The highest BCUT2D eigenvalue weighted by molar-refractivity contribution is 4.95. The standard InChI is InChI=1S/C18H34N2O/c1-14-5-7-15(8-6-14)17(20-19)16-9-12-21-18(13-16)10-3-2-4-11-18/h14-17,20H,2-13,19H2,1H3. The SMILES string of the molecule is CC1CCC(C(NN)C2CCOC3(CCCCC3)C2)CC1. The van der Waals surface area contributed by atoms with Gasteiger partial charge in [0.15, 0.2) is 0 Å². The van der Waals surface area contributed by atoms with Gasteiger partial charge in [-0.1, -0.05) is 39.0 Å². The third-order valence-electron chi connectivity index (χ3n) is 6.56. The van der Waals surface area contributed by atoms with E-state index in [1.165, 1.54) is 70.6 Å². The van der Waals surface area contributed by atoms with Gasteiger partial charge in [0.05, 0.1) is 5.60 Å². The van der Waals surface area contributed by atoms with Crippen LogP contribution >= 0.6 is 0 Å². The Morgan fingerprint density at radius 2 is 1.71 bits per heavy atom. The summed E-state index contributed by atoms with van der Waals surface area (Å²) in [5, 5.41) is 0. The maximum atomic E-state index is 6.27. The maximum absolute atomic E-state index is 6.27. The molecule has 3 nitrogen and oxygen atoms in total. The molecule has 2 unspecified atom stereocenters. The van der Waals surface area contributed by atoms with E-state index in [-0.39, 0.29) is 5.60 Å². The third-order valence-corrected chi connectivity index (χ3v) is 6.56. The number of nitrogens with two attached hydrogens (primary N) is 1. The molecule has 0 bridgehead atoms. The minimum absolute atomic E-state index is 0.207. The third kappa shape index (κ3) is 3.62. The minimum Gasteiger partial charge on any atom is -0.375 e. The molecule has 3 heteroatoms. The molecule has 3 aliphatic rings. The lowest BCUT2D eigenvalue weighted by Gasteiger charge is -2.47. The monoisotopic (exact) mass is 294 g/mol. The van der Waals surface area contributed by atoms with Crippen LogP contribution in [-0.2, 0) is 4.74 Å². The average molecular weight is 294 g/mol. The highest BCUT2D eigenvalue weighted by atomic mass is 16.5. The van der Waals surface area contributed by atoms with Crippen LogP contribution < -0.4 is 11.3 Å². The first-order valence-corrected chi connectivity index (χ1v) is 9.32. The molecule has 1 aliphatic heterocycles. The number of hydrogen-bond donors (Lipinski definition) is 2. The summed E-state index contributed by atoms with van der Waals surface area (Å²) in [4.78, 5) is 0. The molecule has 2 aliphatic carbocycles. The average Bonchev–Trinajstić information content (AvgIpc) is 2.51. The Morgan fingerprint density at radius 3 is 2.38 bits per heavy atom. The molecule has 1 saturated heterocycles. The van der Waals surface area contributed by atoms with Gasteiger partial charge in [0.2, 0.25) is 0 Å². The van der Waals surface area contributed by atoms with Gasteiger partial charge in [-0.25, -0.2) is 0 Å². The van der Waals surface area contributed by atoms with Gasteiger partial charge in [-0.15, -0.1) is 0 Å². The van der Waals surface area contributed by atoms with Gasteiger partial charge in [-0.2, -0.15) is 0 Å². The molecule has 21 heavy (non-hydrogen) atoms. The lowest BCUT2D eigenvalue weighted by Crippen LogP contribution is -2.52. The van der Waals surface area contributed by atoms with Crippen molar-refractivity contribution in [1.29, 1.82) is 0 Å². The lowest BCUT2D eigenvalue weighted by molar-refractivity contribution is -0.125. The van der Waals surface area contributed by atoms with E-state index in [9.17, 15) is 0 Å². The first-order chi connectivity index (χ1) is 10.2. The van der Waals surface area contributed by atoms with Gasteiger partial charge in [-0.05, 0) is 56.3 Å². The van der Waals surface area contributed by atoms with Crippen LogP contribution in [0.2, 0.25) is 0 Å². The molecule has 2 atom stereocenters. The second kappa shape index (κ2) is 6.97. The molecule has 3 fully saturated rings. The van der Waals surface area contributed by atoms with Crippen LogP contribution in [0.4, 0.5) is 0 Å². The quantitative estimate of drug-likeness (QED) is 0.615. The summed E-state index contributed by atoms with van der Waals surface area (Å²) in [6.45, 7) is 3.35. The van der Waals surface area contributed by atoms with Crippen LogP contribution in [0.5, 0.6) is 0 Å². The van der Waals surface area contributed by atoms with Crippen molar-refractivity contribution < 1.29 is 4.74 Å². The van der Waals surface area contributed by atoms with Crippen LogP contribution in [0, 0.1) is 17.8 Å². The minimum atomic E-state index is 0.207. The number of hydrazine groups is 1. The van der Waals surface area contributed by atoms with Gasteiger partial charge >= 0.3 is 0 Å². The van der Waals surface area contributed by atoms with Crippen molar-refractivity contribution in [3.05, 3.63) is 0 Å². The molecule has 1 spiro atoms. The van der Waals surface area contributed by atoms with E-state index in [1.807, 2.05) is 0 Å². The smallest absolute Gasteiger partial charge is 0.0685 e. The van der Waals surface area contributed by atoms with E-state index in [0.29, 0.717) is 6.04 Å². The Hall–Kier alpha value is -0.120. The molecule has 2 saturated carbocycles. The Balaban J connectivity index is 1.63. The van der Waals surface area contributed by atoms with Gasteiger partial charge in [0.25, 0.3) is 0 Å². The van der Waals surface area contributed by atoms with Crippen molar-refractivity contribution in [3.63, 3.8) is 0 Å². The summed E-state index contributed by atoms with van der Waals surface area (Å²) < 4.78 is 6.27. The highest BCUT2D eigenvalue weighted by Crippen LogP contribution is 2.44. The van der Waals surface area contributed by atoms with Gasteiger partial charge < -0.3 is 4.74 Å². The largest absolute Gasteiger partial charge is 0.375 e. The Morgan fingerprint density at radius 1 is 1.00 bits per heavy atom. The number of nitrogens with one attached hydrogen (secondary N) is 1. The fourth-order valence-corrected chi connectivity index (χ4v) is 5.22. The molecule has 3 rings (SSSR count). The first kappa shape index (κ1) is 15.8. The molecule has 0 aromatic rings. The number of hydrogen-bond acceptors (Lipinski definition) is 3. The number of rotatable bonds is 3. The van der Waals surface area contributed by atoms with Crippen LogP contribution in [0.1, 0.15) is 77.6 Å². The Labute approximate surface area is 130 Å². The highest BCUT2D eigenvalue weighted by Gasteiger charge is 2.42. The molecule has 0 radical (unpaired) electrons. The van der Waals surface area contributed by atoms with Crippen LogP contribution in [0.15, 0.2) is 0 Å². The molecule has 3 N–H and O–H groups in total. The molecule has 0 amide bonds. The molecular formula is C18H34N2O. The lowest BCUT2D eigenvalue weighted by atomic mass is 9.69. The molecule has 1 heterocycles. The van der Waals surface area contributed by atoms with E-state index in [0.717, 1.165) is 24.4 Å². The zero-order valence-corrected chi connectivity index (χ0v) is 13.8. The van der Waals surface area contributed by atoms with Crippen molar-refractivity contribution in [2.75, 3.05) is 6.61 Å². The van der Waals surface area contributed by atoms with Crippen molar-refractivity contribution in [2.45, 2.75) is 89.2 Å². The van der Waals surface area contributed by atoms with Gasteiger partial charge in [-0.3, -0.25) is 11.3 Å². The number of ether oxygens (including phenoxy) is 1. The Bertz CT molecular complexity index is 314. The summed E-state index contributed by atoms with van der Waals surface area (Å²) >= 11 is 0. The van der Waals surface area contributed by atoms with Crippen molar-refractivity contribution in [2.24, 2.45) is 23.6 Å². The summed E-state index contributed by atoms with van der Waals surface area (Å²) in [6.07, 6.45) is 14.6. The summed E-state index contributed by atoms with van der Waals surface area (Å²) in [7, 11) is 0. The fourth-order valence-electron chi connectivity index (χ4n) is 5.22. The van der Waals surface area contributed by atoms with Crippen molar-refractivity contribution in [1.82, 2.24) is 5.43 Å². The predicted octanol–water partition coefficient (Wildman–Crippen LogP) is 3.77. The Kier molecular flexibility index (Phi) is 5.23. The van der Waals surface area contributed by atoms with Crippen LogP contribution in [0.3, 0.4) is 0 Å². The second-order valence-electron chi connectivity index (χ2n) is 8.06. The molecule has 0 aromatic carbocycles. The molecular weight excluding hydrogens is 260 g/mol. The van der Waals surface area contributed by atoms with Gasteiger partial charge in [0.1, 0.15) is 0 Å². The van der Waals surface area contributed by atoms with Crippen LogP contribution in [-0.4, -0.2) is 18.2 Å². The topological polar surface area (TPSA) is 47.3 Å². The van der Waals surface area contributed by atoms with Gasteiger partial charge in [0, 0.05) is 12.6 Å². The second-order valence-corrected chi connectivity index (χ2v) is 8.06. The molecule has 122 valence electrons. The first-order valence-electron chi connectivity index (χ1n) is 9.32. The zero-order valence-electron chi connectivity index (χ0n) is 13.8. The normalized spacial score (nSPS) is 38.3. The summed E-state index contributed by atoms with van der Waals surface area (Å²) in [5.74, 6) is 8.42. The van der Waals surface area contributed by atoms with Crippen LogP contribution in [0.25, 0.3) is 0 Å². The van der Waals surface area contributed by atoms with E-state index in [2.05, 4.69) is 12.3 Å². The van der Waals surface area contributed by atoms with E-state index in [1.54, 1.807) is 0 Å². The van der Waals surface area contributed by atoms with E-state index < -0.39 is 0 Å².